The minimum absolute atomic E-state index is 0.335. The zero-order valence-corrected chi connectivity index (χ0v) is 10.4. The number of rotatable bonds is 10. The van der Waals surface area contributed by atoms with Crippen LogP contribution in [0.25, 0.3) is 0 Å². The molecule has 1 nitrogen and oxygen atoms in total. The zero-order chi connectivity index (χ0) is 11.4. The number of hydrogen-bond acceptors (Lipinski definition) is 1. The highest BCUT2D eigenvalue weighted by Gasteiger charge is 1.94. The first-order valence-electron chi connectivity index (χ1n) is 6.38. The van der Waals surface area contributed by atoms with Crippen molar-refractivity contribution >= 4 is 5.78 Å². The lowest BCUT2D eigenvalue weighted by Crippen LogP contribution is -1.89. The van der Waals surface area contributed by atoms with Crippen molar-refractivity contribution < 1.29 is 4.79 Å². The molecule has 88 valence electrons. The fourth-order valence-corrected chi connectivity index (χ4v) is 1.69. The molecule has 0 N–H and O–H groups in total. The van der Waals surface area contributed by atoms with Crippen LogP contribution >= 0.6 is 0 Å². The molecule has 0 aromatic rings. The van der Waals surface area contributed by atoms with Gasteiger partial charge in [-0.25, -0.2) is 0 Å². The van der Waals surface area contributed by atoms with Crippen LogP contribution in [0.15, 0.2) is 12.2 Å². The van der Waals surface area contributed by atoms with E-state index in [1.54, 1.807) is 6.92 Å². The predicted octanol–water partition coefficient (Wildman–Crippen LogP) is 4.66. The van der Waals surface area contributed by atoms with Crippen molar-refractivity contribution in [2.75, 3.05) is 0 Å². The first kappa shape index (κ1) is 14.4. The van der Waals surface area contributed by atoms with Crippen LogP contribution in [0.3, 0.4) is 0 Å². The number of Topliss-reactive ketones (excluding diaryl/α,β-unsaturated/α-hetero) is 1. The van der Waals surface area contributed by atoms with E-state index >= 15 is 0 Å². The van der Waals surface area contributed by atoms with E-state index in [0.29, 0.717) is 5.78 Å². The maximum atomic E-state index is 10.7. The Morgan fingerprint density at radius 3 is 2.00 bits per heavy atom. The average Bonchev–Trinajstić information content (AvgIpc) is 2.20. The number of allylic oxidation sites excluding steroid dienone is 2. The minimum Gasteiger partial charge on any atom is -0.300 e. The second kappa shape index (κ2) is 11.5. The summed E-state index contributed by atoms with van der Waals surface area (Å²) in [6, 6.07) is 0. The minimum atomic E-state index is 0.335. The smallest absolute Gasteiger partial charge is 0.129 e. The van der Waals surface area contributed by atoms with Crippen LogP contribution in [0, 0.1) is 0 Å². The maximum Gasteiger partial charge on any atom is 0.129 e. The molecule has 0 aromatic carbocycles. The van der Waals surface area contributed by atoms with E-state index in [4.69, 9.17) is 0 Å². The highest BCUT2D eigenvalue weighted by atomic mass is 16.1. The number of carbonyl (C=O) groups is 1. The molecule has 15 heavy (non-hydrogen) atoms. The standard InChI is InChI=1S/C14H26O/c1-3-4-5-6-7-8-9-10-11-12-13-14(2)15/h3-4H,5-13H2,1-2H3/b4-3-. The van der Waals surface area contributed by atoms with Gasteiger partial charge in [0.1, 0.15) is 5.78 Å². The van der Waals surface area contributed by atoms with Crippen molar-refractivity contribution in [3.05, 3.63) is 12.2 Å². The van der Waals surface area contributed by atoms with Crippen LogP contribution in [0.4, 0.5) is 0 Å². The summed E-state index contributed by atoms with van der Waals surface area (Å²) < 4.78 is 0. The summed E-state index contributed by atoms with van der Waals surface area (Å²) in [5.74, 6) is 0.335. The molecular formula is C14H26O. The van der Waals surface area contributed by atoms with E-state index in [0.717, 1.165) is 12.8 Å². The lowest BCUT2D eigenvalue weighted by atomic mass is 10.1. The lowest BCUT2D eigenvalue weighted by Gasteiger charge is -2.00. The Kier molecular flexibility index (Phi) is 11.0. The molecule has 0 bridgehead atoms. The van der Waals surface area contributed by atoms with E-state index in [1.807, 2.05) is 0 Å². The van der Waals surface area contributed by atoms with Crippen molar-refractivity contribution in [3.8, 4) is 0 Å². The molecule has 0 amide bonds. The quantitative estimate of drug-likeness (QED) is 0.378. The highest BCUT2D eigenvalue weighted by Crippen LogP contribution is 2.09. The molecule has 0 saturated carbocycles. The number of carbonyl (C=O) groups excluding carboxylic acids is 1. The average molecular weight is 210 g/mol. The molecule has 0 aliphatic carbocycles. The van der Waals surface area contributed by atoms with Gasteiger partial charge >= 0.3 is 0 Å². The summed E-state index contributed by atoms with van der Waals surface area (Å²) in [4.78, 5) is 10.7. The fraction of sp³-hybridized carbons (Fsp3) is 0.786. The molecule has 0 aliphatic rings. The normalized spacial score (nSPS) is 11.1. The fourth-order valence-electron chi connectivity index (χ4n) is 1.69. The molecule has 0 atom stereocenters. The van der Waals surface area contributed by atoms with E-state index in [-0.39, 0.29) is 0 Å². The Hall–Kier alpha value is -0.590. The number of unbranched alkanes of at least 4 members (excludes halogenated alkanes) is 7. The second-order valence-corrected chi connectivity index (χ2v) is 4.28. The van der Waals surface area contributed by atoms with Crippen molar-refractivity contribution in [2.45, 2.75) is 71.6 Å². The third-order valence-corrected chi connectivity index (χ3v) is 2.64. The van der Waals surface area contributed by atoms with Crippen molar-refractivity contribution in [2.24, 2.45) is 0 Å². The Bertz CT molecular complexity index is 170. The molecule has 0 aromatic heterocycles. The third kappa shape index (κ3) is 13.4. The van der Waals surface area contributed by atoms with Gasteiger partial charge in [0.15, 0.2) is 0 Å². The molecule has 1 heteroatoms. The predicted molar refractivity (Wildman–Crippen MR) is 67.0 cm³/mol. The van der Waals surface area contributed by atoms with Gasteiger partial charge in [-0.15, -0.1) is 0 Å². The van der Waals surface area contributed by atoms with Gasteiger partial charge in [0, 0.05) is 6.42 Å². The van der Waals surface area contributed by atoms with Crippen molar-refractivity contribution in [1.82, 2.24) is 0 Å². The first-order chi connectivity index (χ1) is 7.27. The highest BCUT2D eigenvalue weighted by molar-refractivity contribution is 5.75. The number of ketones is 1. The maximum absolute atomic E-state index is 10.7. The van der Waals surface area contributed by atoms with E-state index < -0.39 is 0 Å². The summed E-state index contributed by atoms with van der Waals surface area (Å²) >= 11 is 0. The first-order valence-corrected chi connectivity index (χ1v) is 6.38. The SMILES string of the molecule is C/C=C\CCCCCCCCCC(C)=O. The van der Waals surface area contributed by atoms with Gasteiger partial charge < -0.3 is 4.79 Å². The number of hydrogen-bond donors (Lipinski definition) is 0. The van der Waals surface area contributed by atoms with Crippen LogP contribution in [-0.4, -0.2) is 5.78 Å². The van der Waals surface area contributed by atoms with E-state index in [2.05, 4.69) is 19.1 Å². The van der Waals surface area contributed by atoms with Crippen LogP contribution in [0.1, 0.15) is 71.6 Å². The van der Waals surface area contributed by atoms with Gasteiger partial charge in [-0.1, -0.05) is 44.3 Å². The Morgan fingerprint density at radius 2 is 1.47 bits per heavy atom. The van der Waals surface area contributed by atoms with Crippen LogP contribution in [-0.2, 0) is 4.79 Å². The largest absolute Gasteiger partial charge is 0.300 e. The molecule has 0 rings (SSSR count). The lowest BCUT2D eigenvalue weighted by molar-refractivity contribution is -0.117. The Morgan fingerprint density at radius 1 is 0.933 bits per heavy atom. The third-order valence-electron chi connectivity index (χ3n) is 2.64. The molecule has 0 unspecified atom stereocenters. The molecule has 0 saturated heterocycles. The van der Waals surface area contributed by atoms with Crippen molar-refractivity contribution in [1.29, 1.82) is 0 Å². The monoisotopic (exact) mass is 210 g/mol. The Balaban J connectivity index is 2.95. The summed E-state index contributed by atoms with van der Waals surface area (Å²) in [6.07, 6.45) is 15.4. The van der Waals surface area contributed by atoms with Crippen LogP contribution < -0.4 is 0 Å². The Labute approximate surface area is 95.0 Å². The van der Waals surface area contributed by atoms with Gasteiger partial charge in [-0.2, -0.15) is 0 Å². The van der Waals surface area contributed by atoms with Gasteiger partial charge in [-0.3, -0.25) is 0 Å². The van der Waals surface area contributed by atoms with E-state index in [1.165, 1.54) is 44.9 Å². The zero-order valence-electron chi connectivity index (χ0n) is 10.4. The van der Waals surface area contributed by atoms with Crippen LogP contribution in [0.5, 0.6) is 0 Å². The molecule has 0 spiro atoms. The van der Waals surface area contributed by atoms with E-state index in [9.17, 15) is 4.79 Å². The molecule has 0 heterocycles. The van der Waals surface area contributed by atoms with Crippen LogP contribution in [0.2, 0.25) is 0 Å². The molecule has 0 radical (unpaired) electrons. The summed E-state index contributed by atoms with van der Waals surface area (Å²) in [6.45, 7) is 3.76. The molecular weight excluding hydrogens is 184 g/mol. The summed E-state index contributed by atoms with van der Waals surface area (Å²) in [5, 5.41) is 0. The van der Waals surface area contributed by atoms with Gasteiger partial charge in [0.05, 0.1) is 0 Å². The summed E-state index contributed by atoms with van der Waals surface area (Å²) in [5.41, 5.74) is 0. The second-order valence-electron chi connectivity index (χ2n) is 4.28. The van der Waals surface area contributed by atoms with Gasteiger partial charge in [0.2, 0.25) is 0 Å². The van der Waals surface area contributed by atoms with Gasteiger partial charge in [-0.05, 0) is 33.1 Å². The van der Waals surface area contributed by atoms with Gasteiger partial charge in [0.25, 0.3) is 0 Å². The molecule has 0 aliphatic heterocycles. The summed E-state index contributed by atoms with van der Waals surface area (Å²) in [7, 11) is 0. The topological polar surface area (TPSA) is 17.1 Å². The molecule has 0 fully saturated rings. The van der Waals surface area contributed by atoms with Crippen molar-refractivity contribution in [3.63, 3.8) is 0 Å².